The Kier molecular flexibility index (Phi) is 8.48. The second kappa shape index (κ2) is 11.8. The van der Waals surface area contributed by atoms with Gasteiger partial charge in [-0.25, -0.2) is 4.79 Å². The van der Waals surface area contributed by atoms with Crippen LogP contribution in [0.3, 0.4) is 0 Å². The molecule has 1 unspecified atom stereocenters. The van der Waals surface area contributed by atoms with Crippen molar-refractivity contribution in [3.05, 3.63) is 126 Å². The van der Waals surface area contributed by atoms with E-state index in [4.69, 9.17) is 14.2 Å². The zero-order valence-electron chi connectivity index (χ0n) is 22.4. The van der Waals surface area contributed by atoms with E-state index in [1.54, 1.807) is 42.9 Å². The molecule has 11 heteroatoms. The van der Waals surface area contributed by atoms with Crippen molar-refractivity contribution in [3.8, 4) is 0 Å². The highest BCUT2D eigenvalue weighted by Gasteiger charge is 2.56. The maximum absolute atomic E-state index is 12.6. The minimum atomic E-state index is -1.58. The molecule has 2 heterocycles. The lowest BCUT2D eigenvalue weighted by molar-refractivity contribution is -0.168. The quantitative estimate of drug-likeness (QED) is 0.210. The molecule has 0 spiro atoms. The maximum atomic E-state index is 12.6. The van der Waals surface area contributed by atoms with Crippen molar-refractivity contribution in [1.82, 2.24) is 9.55 Å². The van der Waals surface area contributed by atoms with Crippen molar-refractivity contribution >= 4 is 22.6 Å². The number of benzene rings is 2. The molecular formula is C30H31IN2O8. The van der Waals surface area contributed by atoms with Crippen LogP contribution in [0.4, 0.5) is 0 Å². The van der Waals surface area contributed by atoms with Gasteiger partial charge in [0, 0.05) is 26.8 Å². The fourth-order valence-corrected chi connectivity index (χ4v) is 6.21. The number of H-pyrrole nitrogens is 1. The lowest BCUT2D eigenvalue weighted by atomic mass is 9.62. The van der Waals surface area contributed by atoms with Crippen LogP contribution in [0, 0.1) is 3.57 Å². The first-order valence-electron chi connectivity index (χ1n) is 13.0. The van der Waals surface area contributed by atoms with E-state index in [0.717, 1.165) is 4.57 Å². The number of nitrogens with one attached hydrogen (secondary N) is 1. The van der Waals surface area contributed by atoms with Crippen LogP contribution in [-0.2, 0) is 19.6 Å². The van der Waals surface area contributed by atoms with Gasteiger partial charge in [0.15, 0.2) is 12.0 Å². The van der Waals surface area contributed by atoms with Gasteiger partial charge in [-0.3, -0.25) is 14.3 Å². The Balaban J connectivity index is 1.67. The fraction of sp³-hybridized carbons (Fsp3) is 0.333. The molecule has 2 aromatic carbocycles. The van der Waals surface area contributed by atoms with E-state index in [2.05, 4.69) is 4.98 Å². The van der Waals surface area contributed by atoms with Gasteiger partial charge in [0.05, 0.1) is 8.99 Å². The number of allylic oxidation sites excluding steroid dienone is 1. The predicted molar refractivity (Wildman–Crippen MR) is 158 cm³/mol. The zero-order chi connectivity index (χ0) is 29.4. The molecule has 1 fully saturated rings. The molecule has 1 aliphatic carbocycles. The number of methoxy groups -OCH3 is 2. The summed E-state index contributed by atoms with van der Waals surface area (Å²) in [6, 6.07) is 18.7. The Bertz CT molecular complexity index is 1510. The highest BCUT2D eigenvalue weighted by molar-refractivity contribution is 14.1. The first-order chi connectivity index (χ1) is 19.7. The van der Waals surface area contributed by atoms with Crippen LogP contribution in [-0.4, -0.2) is 69.3 Å². The molecule has 10 nitrogen and oxygen atoms in total. The number of rotatable bonds is 8. The molecule has 5 atom stereocenters. The average molecular weight is 674 g/mol. The standard InChI is InChI=1S/C30H31IN2O8/c1-39-29(40-2)15-13-20(14-16-29)30(18-9-5-3-6-10-18,19-11-7-4-8-12-19)25(36)24-22(34)23(35)27(41-24)33-17-21(31)26(37)32-28(33)38/h3-15,17,22-25,27,34-36H,16H2,1-2H3,(H,32,37,38)/t22-,23+,24-,25?,27+/m0/s1. The van der Waals surface area contributed by atoms with Crippen molar-refractivity contribution in [1.29, 1.82) is 0 Å². The molecule has 0 saturated carbocycles. The van der Waals surface area contributed by atoms with E-state index >= 15 is 0 Å². The van der Waals surface area contributed by atoms with Crippen LogP contribution in [0.2, 0.25) is 0 Å². The molecule has 1 aliphatic heterocycles. The van der Waals surface area contributed by atoms with E-state index in [1.807, 2.05) is 72.8 Å². The highest BCUT2D eigenvalue weighted by atomic mass is 127. The summed E-state index contributed by atoms with van der Waals surface area (Å²) >= 11 is 1.76. The number of hydrogen-bond donors (Lipinski definition) is 4. The van der Waals surface area contributed by atoms with Crippen LogP contribution >= 0.6 is 22.6 Å². The topological polar surface area (TPSA) is 143 Å². The fourth-order valence-electron chi connectivity index (χ4n) is 5.77. The molecule has 4 N–H and O–H groups in total. The predicted octanol–water partition coefficient (Wildman–Crippen LogP) is 1.98. The Morgan fingerprint density at radius 2 is 1.61 bits per heavy atom. The largest absolute Gasteiger partial charge is 0.389 e. The first kappa shape index (κ1) is 29.6. The summed E-state index contributed by atoms with van der Waals surface area (Å²) in [7, 11) is 3.10. The Morgan fingerprint density at radius 3 is 2.12 bits per heavy atom. The monoisotopic (exact) mass is 674 g/mol. The van der Waals surface area contributed by atoms with Crippen LogP contribution in [0.5, 0.6) is 0 Å². The molecule has 2 aliphatic rings. The third-order valence-corrected chi connectivity index (χ3v) is 8.72. The average Bonchev–Trinajstić information content (AvgIpc) is 3.30. The molecule has 0 bridgehead atoms. The van der Waals surface area contributed by atoms with Gasteiger partial charge in [-0.15, -0.1) is 0 Å². The summed E-state index contributed by atoms with van der Waals surface area (Å²) in [6.45, 7) is 0. The van der Waals surface area contributed by atoms with Crippen molar-refractivity contribution in [2.75, 3.05) is 14.2 Å². The Morgan fingerprint density at radius 1 is 1.02 bits per heavy atom. The van der Waals surface area contributed by atoms with Crippen LogP contribution in [0.25, 0.3) is 0 Å². The summed E-state index contributed by atoms with van der Waals surface area (Å²) in [5.74, 6) is -0.985. The van der Waals surface area contributed by atoms with Crippen LogP contribution in [0.1, 0.15) is 23.8 Å². The number of hydrogen-bond acceptors (Lipinski definition) is 8. The van der Waals surface area contributed by atoms with Gasteiger partial charge in [-0.05, 0) is 45.4 Å². The van der Waals surface area contributed by atoms with Gasteiger partial charge in [-0.2, -0.15) is 0 Å². The molecule has 0 amide bonds. The Hall–Kier alpha value is -2.91. The maximum Gasteiger partial charge on any atom is 0.330 e. The summed E-state index contributed by atoms with van der Waals surface area (Å²) in [4.78, 5) is 26.8. The lowest BCUT2D eigenvalue weighted by Gasteiger charge is -2.44. The van der Waals surface area contributed by atoms with Crippen LogP contribution in [0.15, 0.2) is 100 Å². The van der Waals surface area contributed by atoms with E-state index in [9.17, 15) is 24.9 Å². The van der Waals surface area contributed by atoms with Gasteiger partial charge < -0.3 is 29.5 Å². The number of ether oxygens (including phenoxy) is 3. The van der Waals surface area contributed by atoms with Crippen molar-refractivity contribution in [2.45, 2.75) is 48.3 Å². The van der Waals surface area contributed by atoms with E-state index in [1.165, 1.54) is 6.20 Å². The lowest BCUT2D eigenvalue weighted by Crippen LogP contribution is -2.53. The molecule has 5 rings (SSSR count). The highest BCUT2D eigenvalue weighted by Crippen LogP contribution is 2.48. The van der Waals surface area contributed by atoms with Gasteiger partial charge >= 0.3 is 5.69 Å². The second-order valence-corrected chi connectivity index (χ2v) is 11.2. The molecule has 3 aromatic rings. The molecule has 1 aromatic heterocycles. The summed E-state index contributed by atoms with van der Waals surface area (Å²) in [5.41, 5.74) is -0.577. The van der Waals surface area contributed by atoms with Gasteiger partial charge in [0.25, 0.3) is 5.56 Å². The molecule has 1 saturated heterocycles. The van der Waals surface area contributed by atoms with Crippen molar-refractivity contribution in [2.24, 2.45) is 0 Å². The summed E-state index contributed by atoms with van der Waals surface area (Å²) < 4.78 is 18.6. The van der Waals surface area contributed by atoms with Gasteiger partial charge in [-0.1, -0.05) is 72.8 Å². The number of nitrogens with zero attached hydrogens (tertiary/aromatic N) is 1. The van der Waals surface area contributed by atoms with Crippen molar-refractivity contribution in [3.63, 3.8) is 0 Å². The third kappa shape index (κ3) is 5.05. The summed E-state index contributed by atoms with van der Waals surface area (Å²) in [5, 5.41) is 34.8. The van der Waals surface area contributed by atoms with E-state index in [-0.39, 0.29) is 3.57 Å². The van der Waals surface area contributed by atoms with Gasteiger partial charge in [0.1, 0.15) is 24.4 Å². The van der Waals surface area contributed by atoms with Gasteiger partial charge in [0.2, 0.25) is 0 Å². The summed E-state index contributed by atoms with van der Waals surface area (Å²) in [6.07, 6.45) is -0.231. The SMILES string of the molecule is COC1(OC)C=CC(C(c2ccccc2)(c2ccccc2)C(O)[C@H]2O[C@@H](n3cc(I)c(=O)[nH]c3=O)[C@H](O)[C@@H]2O)=CC1. The number of aliphatic hydroxyl groups excluding tert-OH is 3. The first-order valence-corrected chi connectivity index (χ1v) is 14.1. The normalized spacial score (nSPS) is 24.7. The number of aliphatic hydroxyl groups is 3. The minimum absolute atomic E-state index is 0.191. The number of aromatic nitrogens is 2. The van der Waals surface area contributed by atoms with E-state index in [0.29, 0.717) is 23.1 Å². The molecular weight excluding hydrogens is 643 g/mol. The zero-order valence-corrected chi connectivity index (χ0v) is 24.5. The minimum Gasteiger partial charge on any atom is -0.389 e. The third-order valence-electron chi connectivity index (χ3n) is 7.96. The van der Waals surface area contributed by atoms with Crippen LogP contribution < -0.4 is 11.2 Å². The van der Waals surface area contributed by atoms with Crippen molar-refractivity contribution < 1.29 is 29.5 Å². The smallest absolute Gasteiger partial charge is 0.330 e. The number of halogens is 1. The van der Waals surface area contributed by atoms with E-state index < -0.39 is 53.1 Å². The molecule has 41 heavy (non-hydrogen) atoms. The molecule has 216 valence electrons. The Labute approximate surface area is 249 Å². The molecule has 0 radical (unpaired) electrons. The number of aromatic amines is 1. The second-order valence-electron chi connectivity index (χ2n) is 10.0.